The summed E-state index contributed by atoms with van der Waals surface area (Å²) in [5.74, 6) is 1.70. The van der Waals surface area contributed by atoms with Gasteiger partial charge >= 0.3 is 6.18 Å². The average Bonchev–Trinajstić information content (AvgIpc) is 2.95. The fourth-order valence-electron chi connectivity index (χ4n) is 3.46. The van der Waals surface area contributed by atoms with Gasteiger partial charge in [-0.25, -0.2) is 0 Å². The maximum absolute atomic E-state index is 12.9. The highest BCUT2D eigenvalue weighted by molar-refractivity contribution is 5.80. The van der Waals surface area contributed by atoms with E-state index in [-0.39, 0.29) is 5.92 Å². The van der Waals surface area contributed by atoms with Crippen LogP contribution in [0.5, 0.6) is 0 Å². The van der Waals surface area contributed by atoms with Crippen molar-refractivity contribution >= 4 is 5.96 Å². The minimum absolute atomic E-state index is 0.149. The van der Waals surface area contributed by atoms with Gasteiger partial charge < -0.3 is 14.7 Å². The van der Waals surface area contributed by atoms with Gasteiger partial charge in [0.1, 0.15) is 11.8 Å². The fraction of sp³-hybridized carbons (Fsp3) is 0.778. The monoisotopic (exact) mass is 389 g/mol. The van der Waals surface area contributed by atoms with Crippen LogP contribution < -0.4 is 5.32 Å². The van der Waals surface area contributed by atoms with Crippen LogP contribution in [0, 0.1) is 13.8 Å². The summed E-state index contributed by atoms with van der Waals surface area (Å²) in [5.41, 5.74) is 1.94. The SMILES string of the molecule is CCNC(=NCC(C)c1c(C)noc1C)N1CCN(C(C)C(F)(F)F)CC1. The summed E-state index contributed by atoms with van der Waals surface area (Å²) < 4.78 is 44.0. The molecule has 1 aliphatic rings. The Kier molecular flexibility index (Phi) is 7.13. The minimum atomic E-state index is -4.19. The maximum Gasteiger partial charge on any atom is 0.403 e. The molecule has 6 nitrogen and oxygen atoms in total. The van der Waals surface area contributed by atoms with Crippen molar-refractivity contribution in [2.24, 2.45) is 4.99 Å². The molecule has 2 rings (SSSR count). The summed E-state index contributed by atoms with van der Waals surface area (Å²) in [6.07, 6.45) is -4.19. The number of halogens is 3. The number of guanidine groups is 1. The zero-order valence-electron chi connectivity index (χ0n) is 16.7. The highest BCUT2D eigenvalue weighted by Crippen LogP contribution is 2.25. The Morgan fingerprint density at radius 2 is 1.85 bits per heavy atom. The van der Waals surface area contributed by atoms with E-state index in [2.05, 4.69) is 17.4 Å². The van der Waals surface area contributed by atoms with E-state index in [0.717, 1.165) is 23.0 Å². The van der Waals surface area contributed by atoms with Crippen LogP contribution in [0.25, 0.3) is 0 Å². The number of rotatable bonds is 5. The number of alkyl halides is 3. The van der Waals surface area contributed by atoms with E-state index in [0.29, 0.717) is 39.3 Å². The first-order valence-electron chi connectivity index (χ1n) is 9.41. The molecule has 0 aliphatic carbocycles. The number of aryl methyl sites for hydroxylation is 2. The van der Waals surface area contributed by atoms with Crippen LogP contribution in [-0.4, -0.2) is 72.4 Å². The van der Waals surface area contributed by atoms with Crippen molar-refractivity contribution in [2.75, 3.05) is 39.3 Å². The van der Waals surface area contributed by atoms with Crippen LogP contribution in [0.4, 0.5) is 13.2 Å². The summed E-state index contributed by atoms with van der Waals surface area (Å²) in [6.45, 7) is 12.1. The quantitative estimate of drug-likeness (QED) is 0.620. The second-order valence-electron chi connectivity index (χ2n) is 7.07. The van der Waals surface area contributed by atoms with Gasteiger partial charge in [0.25, 0.3) is 0 Å². The molecule has 0 aromatic carbocycles. The Hall–Kier alpha value is -1.77. The fourth-order valence-corrected chi connectivity index (χ4v) is 3.46. The molecule has 2 heterocycles. The lowest BCUT2D eigenvalue weighted by Crippen LogP contribution is -2.56. The van der Waals surface area contributed by atoms with Crippen molar-refractivity contribution in [3.63, 3.8) is 0 Å². The van der Waals surface area contributed by atoms with Crippen molar-refractivity contribution in [1.82, 2.24) is 20.3 Å². The van der Waals surface area contributed by atoms with E-state index >= 15 is 0 Å². The second kappa shape index (κ2) is 8.95. The van der Waals surface area contributed by atoms with Crippen molar-refractivity contribution in [3.05, 3.63) is 17.0 Å². The zero-order chi connectivity index (χ0) is 20.2. The van der Waals surface area contributed by atoms with Crippen molar-refractivity contribution in [1.29, 1.82) is 0 Å². The molecule has 1 aliphatic heterocycles. The van der Waals surface area contributed by atoms with Gasteiger partial charge in [0, 0.05) is 50.7 Å². The number of aromatic nitrogens is 1. The molecule has 9 heteroatoms. The molecule has 0 spiro atoms. The molecular weight excluding hydrogens is 359 g/mol. The van der Waals surface area contributed by atoms with Gasteiger partial charge in [0.2, 0.25) is 0 Å². The maximum atomic E-state index is 12.9. The first-order valence-corrected chi connectivity index (χ1v) is 9.41. The van der Waals surface area contributed by atoms with Crippen LogP contribution in [-0.2, 0) is 0 Å². The van der Waals surface area contributed by atoms with E-state index in [1.54, 1.807) is 0 Å². The third kappa shape index (κ3) is 5.37. The highest BCUT2D eigenvalue weighted by atomic mass is 19.4. The van der Waals surface area contributed by atoms with E-state index in [1.807, 2.05) is 25.7 Å². The lowest BCUT2D eigenvalue weighted by molar-refractivity contribution is -0.181. The molecule has 1 aromatic heterocycles. The number of nitrogens with zero attached hydrogens (tertiary/aromatic N) is 4. The predicted octanol–water partition coefficient (Wildman–Crippen LogP) is 2.93. The first-order chi connectivity index (χ1) is 12.6. The third-order valence-corrected chi connectivity index (χ3v) is 5.07. The highest BCUT2D eigenvalue weighted by Gasteiger charge is 2.41. The third-order valence-electron chi connectivity index (χ3n) is 5.07. The summed E-state index contributed by atoms with van der Waals surface area (Å²) in [6, 6.07) is -1.42. The topological polar surface area (TPSA) is 56.9 Å². The summed E-state index contributed by atoms with van der Waals surface area (Å²) >= 11 is 0. The number of aliphatic imine (C=N–C) groups is 1. The van der Waals surface area contributed by atoms with Gasteiger partial charge in [-0.1, -0.05) is 12.1 Å². The van der Waals surface area contributed by atoms with Crippen molar-refractivity contribution in [2.45, 2.75) is 52.8 Å². The number of piperazine rings is 1. The number of nitrogens with one attached hydrogen (secondary N) is 1. The van der Waals surface area contributed by atoms with E-state index in [9.17, 15) is 13.2 Å². The lowest BCUT2D eigenvalue weighted by Gasteiger charge is -2.39. The first kappa shape index (κ1) is 21.5. The molecule has 27 heavy (non-hydrogen) atoms. The van der Waals surface area contributed by atoms with Gasteiger partial charge in [0.05, 0.1) is 5.69 Å². The van der Waals surface area contributed by atoms with Crippen molar-refractivity contribution < 1.29 is 17.7 Å². The molecule has 0 saturated carbocycles. The number of hydrogen-bond acceptors (Lipinski definition) is 4. The number of hydrogen-bond donors (Lipinski definition) is 1. The Morgan fingerprint density at radius 3 is 2.33 bits per heavy atom. The van der Waals surface area contributed by atoms with Crippen molar-refractivity contribution in [3.8, 4) is 0 Å². The molecular formula is C18H30F3N5O. The molecule has 1 aromatic rings. The largest absolute Gasteiger partial charge is 0.403 e. The molecule has 1 N–H and O–H groups in total. The standard InChI is InChI=1S/C18H30F3N5O/c1-6-22-17(23-11-12(2)16-13(3)24-27-14(16)4)26-9-7-25(8-10-26)15(5)18(19,20)21/h12,15H,6-11H2,1-5H3,(H,22,23). The molecule has 1 fully saturated rings. The Balaban J connectivity index is 2.00. The molecule has 0 amide bonds. The zero-order valence-corrected chi connectivity index (χ0v) is 16.7. The van der Waals surface area contributed by atoms with E-state index in [1.165, 1.54) is 11.8 Å². The second-order valence-corrected chi connectivity index (χ2v) is 7.07. The summed E-state index contributed by atoms with van der Waals surface area (Å²) in [7, 11) is 0. The predicted molar refractivity (Wildman–Crippen MR) is 99.0 cm³/mol. The van der Waals surface area contributed by atoms with Gasteiger partial charge in [-0.3, -0.25) is 9.89 Å². The van der Waals surface area contributed by atoms with Gasteiger partial charge in [-0.15, -0.1) is 0 Å². The Bertz CT molecular complexity index is 616. The molecule has 2 atom stereocenters. The smallest absolute Gasteiger partial charge is 0.361 e. The van der Waals surface area contributed by atoms with E-state index < -0.39 is 12.2 Å². The Morgan fingerprint density at radius 1 is 1.22 bits per heavy atom. The average molecular weight is 389 g/mol. The molecule has 154 valence electrons. The normalized spacial score (nSPS) is 19.3. The molecule has 0 radical (unpaired) electrons. The van der Waals surface area contributed by atoms with Gasteiger partial charge in [0.15, 0.2) is 5.96 Å². The van der Waals surface area contributed by atoms with Crippen LogP contribution >= 0.6 is 0 Å². The van der Waals surface area contributed by atoms with Crippen LogP contribution in [0.3, 0.4) is 0 Å². The van der Waals surface area contributed by atoms with Crippen LogP contribution in [0.2, 0.25) is 0 Å². The molecule has 2 unspecified atom stereocenters. The van der Waals surface area contributed by atoms with Crippen LogP contribution in [0.1, 0.15) is 43.7 Å². The summed E-state index contributed by atoms with van der Waals surface area (Å²) in [4.78, 5) is 8.22. The molecule has 1 saturated heterocycles. The van der Waals surface area contributed by atoms with Gasteiger partial charge in [-0.05, 0) is 27.7 Å². The molecule has 0 bridgehead atoms. The Labute approximate surface area is 158 Å². The lowest BCUT2D eigenvalue weighted by atomic mass is 10.00. The van der Waals surface area contributed by atoms with Gasteiger partial charge in [-0.2, -0.15) is 13.2 Å². The van der Waals surface area contributed by atoms with Crippen LogP contribution in [0.15, 0.2) is 9.52 Å². The van der Waals surface area contributed by atoms with E-state index in [4.69, 9.17) is 9.52 Å². The minimum Gasteiger partial charge on any atom is -0.361 e. The summed E-state index contributed by atoms with van der Waals surface area (Å²) in [5, 5.41) is 7.24.